The molecule has 0 aliphatic carbocycles. The average Bonchev–Trinajstić information content (AvgIpc) is 3.60. The van der Waals surface area contributed by atoms with Crippen molar-refractivity contribution in [3.05, 3.63) is 65.4 Å². The molecule has 3 heterocycles. The van der Waals surface area contributed by atoms with Gasteiger partial charge in [0, 0.05) is 17.8 Å². The van der Waals surface area contributed by atoms with Crippen molar-refractivity contribution in [2.75, 3.05) is 25.1 Å². The normalized spacial score (nSPS) is 15.2. The number of nitrogens with zero attached hydrogens (tertiary/aromatic N) is 1. The van der Waals surface area contributed by atoms with Crippen LogP contribution in [0, 0.1) is 5.92 Å². The number of hydrogen-bond acceptors (Lipinski definition) is 8. The number of amides is 2. The number of carbonyl (C=O) groups is 4. The second-order valence-electron chi connectivity index (χ2n) is 7.85. The first-order chi connectivity index (χ1) is 16.9. The summed E-state index contributed by atoms with van der Waals surface area (Å²) in [5.74, 6) is -2.00. The maximum atomic E-state index is 12.5. The Morgan fingerprint density at radius 2 is 1.94 bits per heavy atom. The van der Waals surface area contributed by atoms with E-state index in [1.165, 1.54) is 22.5 Å². The van der Waals surface area contributed by atoms with Crippen molar-refractivity contribution in [3.8, 4) is 10.4 Å². The van der Waals surface area contributed by atoms with Crippen LogP contribution in [0.3, 0.4) is 0 Å². The van der Waals surface area contributed by atoms with Crippen LogP contribution in [0.15, 0.2) is 59.2 Å². The summed E-state index contributed by atoms with van der Waals surface area (Å²) in [4.78, 5) is 52.2. The van der Waals surface area contributed by atoms with Crippen molar-refractivity contribution in [3.63, 3.8) is 0 Å². The molecule has 1 atom stereocenters. The summed E-state index contributed by atoms with van der Waals surface area (Å²) in [7, 11) is 0. The average molecular weight is 497 g/mol. The van der Waals surface area contributed by atoms with Gasteiger partial charge in [-0.15, -0.1) is 11.3 Å². The second-order valence-corrected chi connectivity index (χ2v) is 8.90. The molecule has 1 fully saturated rings. The lowest BCUT2D eigenvalue weighted by atomic mass is 10.1. The zero-order chi connectivity index (χ0) is 24.8. The molecule has 4 rings (SSSR count). The van der Waals surface area contributed by atoms with Crippen LogP contribution in [-0.2, 0) is 30.4 Å². The van der Waals surface area contributed by atoms with E-state index < -0.39 is 30.4 Å². The Balaban J connectivity index is 1.35. The molecule has 9 nitrogen and oxygen atoms in total. The third-order valence-electron chi connectivity index (χ3n) is 5.35. The van der Waals surface area contributed by atoms with Crippen LogP contribution in [0.1, 0.15) is 28.8 Å². The standard InChI is InChI=1S/C25H24N2O7S/c1-2-32-25(31)23-19(12-20(35-23)16-7-4-3-5-8-16)26-21(28)15-34-24(30)17-11-22(29)27(13-17)14-18-9-6-10-33-18/h3-10,12,17H,2,11,13-15H2,1H3,(H,26,28). The minimum absolute atomic E-state index is 0.0130. The number of hydrogen-bond donors (Lipinski definition) is 1. The zero-order valence-corrected chi connectivity index (χ0v) is 19.8. The van der Waals surface area contributed by atoms with Gasteiger partial charge in [-0.2, -0.15) is 0 Å². The molecule has 2 aromatic heterocycles. The van der Waals surface area contributed by atoms with Gasteiger partial charge >= 0.3 is 11.9 Å². The summed E-state index contributed by atoms with van der Waals surface area (Å²) >= 11 is 1.20. The molecule has 0 radical (unpaired) electrons. The topological polar surface area (TPSA) is 115 Å². The summed E-state index contributed by atoms with van der Waals surface area (Å²) in [5, 5.41) is 2.64. The summed E-state index contributed by atoms with van der Waals surface area (Å²) in [6, 6.07) is 14.6. The van der Waals surface area contributed by atoms with Gasteiger partial charge in [0.05, 0.1) is 31.0 Å². The van der Waals surface area contributed by atoms with E-state index in [0.717, 1.165) is 10.4 Å². The number of thiophene rings is 1. The van der Waals surface area contributed by atoms with Crippen LogP contribution < -0.4 is 5.32 Å². The predicted molar refractivity (Wildman–Crippen MR) is 128 cm³/mol. The van der Waals surface area contributed by atoms with E-state index in [2.05, 4.69) is 5.32 Å². The van der Waals surface area contributed by atoms with Gasteiger partial charge in [0.25, 0.3) is 5.91 Å². The number of benzene rings is 1. The van der Waals surface area contributed by atoms with Crippen molar-refractivity contribution >= 4 is 40.8 Å². The maximum absolute atomic E-state index is 12.5. The van der Waals surface area contributed by atoms with Crippen LogP contribution in [0.4, 0.5) is 5.69 Å². The van der Waals surface area contributed by atoms with Gasteiger partial charge in [0.15, 0.2) is 6.61 Å². The third-order valence-corrected chi connectivity index (χ3v) is 6.51. The van der Waals surface area contributed by atoms with Gasteiger partial charge in [-0.05, 0) is 30.7 Å². The SMILES string of the molecule is CCOC(=O)c1sc(-c2ccccc2)cc1NC(=O)COC(=O)C1CC(=O)N(Cc2ccco2)C1. The summed E-state index contributed by atoms with van der Waals surface area (Å²) < 4.78 is 15.5. The number of likely N-dealkylation sites (tertiary alicyclic amines) is 1. The fourth-order valence-electron chi connectivity index (χ4n) is 3.69. The Bertz CT molecular complexity index is 1200. The molecule has 182 valence electrons. The molecule has 0 saturated carbocycles. The van der Waals surface area contributed by atoms with Crippen molar-refractivity contribution in [2.24, 2.45) is 5.92 Å². The molecule has 0 bridgehead atoms. The van der Waals surface area contributed by atoms with Gasteiger partial charge in [0.2, 0.25) is 5.91 Å². The van der Waals surface area contributed by atoms with E-state index in [1.54, 1.807) is 25.1 Å². The second kappa shape index (κ2) is 11.0. The van der Waals surface area contributed by atoms with Crippen LogP contribution in [0.25, 0.3) is 10.4 Å². The molecule has 1 unspecified atom stereocenters. The number of carbonyl (C=O) groups excluding carboxylic acids is 4. The van der Waals surface area contributed by atoms with E-state index >= 15 is 0 Å². The largest absolute Gasteiger partial charge is 0.467 e. The van der Waals surface area contributed by atoms with E-state index in [9.17, 15) is 19.2 Å². The van der Waals surface area contributed by atoms with Gasteiger partial charge in [-0.1, -0.05) is 30.3 Å². The van der Waals surface area contributed by atoms with Crippen molar-refractivity contribution in [2.45, 2.75) is 19.9 Å². The molecule has 1 N–H and O–H groups in total. The predicted octanol–water partition coefficient (Wildman–Crippen LogP) is 3.72. The Labute approximate surface area is 205 Å². The quantitative estimate of drug-likeness (QED) is 0.449. The number of furan rings is 1. The van der Waals surface area contributed by atoms with Crippen molar-refractivity contribution < 1.29 is 33.1 Å². The highest BCUT2D eigenvalue weighted by Gasteiger charge is 2.36. The highest BCUT2D eigenvalue weighted by Crippen LogP contribution is 2.35. The first-order valence-corrected chi connectivity index (χ1v) is 11.9. The fraction of sp³-hybridized carbons (Fsp3) is 0.280. The lowest BCUT2D eigenvalue weighted by Gasteiger charge is -2.14. The minimum atomic E-state index is -0.661. The van der Waals surface area contributed by atoms with Crippen LogP contribution in [-0.4, -0.2) is 48.4 Å². The van der Waals surface area contributed by atoms with Gasteiger partial charge in [0.1, 0.15) is 10.6 Å². The van der Waals surface area contributed by atoms with E-state index in [4.69, 9.17) is 13.9 Å². The molecule has 1 saturated heterocycles. The molecule has 35 heavy (non-hydrogen) atoms. The smallest absolute Gasteiger partial charge is 0.350 e. The minimum Gasteiger partial charge on any atom is -0.467 e. The Kier molecular flexibility index (Phi) is 7.61. The van der Waals surface area contributed by atoms with Crippen molar-refractivity contribution in [1.82, 2.24) is 4.90 Å². The fourth-order valence-corrected chi connectivity index (χ4v) is 4.70. The number of ether oxygens (including phenoxy) is 2. The zero-order valence-electron chi connectivity index (χ0n) is 19.0. The van der Waals surface area contributed by atoms with E-state index in [1.807, 2.05) is 30.3 Å². The Hall–Kier alpha value is -3.92. The van der Waals surface area contributed by atoms with Gasteiger partial charge < -0.3 is 24.1 Å². The number of esters is 2. The van der Waals surface area contributed by atoms with Gasteiger partial charge in [-0.3, -0.25) is 14.4 Å². The first-order valence-electron chi connectivity index (χ1n) is 11.1. The monoisotopic (exact) mass is 496 g/mol. The lowest BCUT2D eigenvalue weighted by molar-refractivity contribution is -0.151. The number of rotatable bonds is 9. The highest BCUT2D eigenvalue weighted by atomic mass is 32.1. The van der Waals surface area contributed by atoms with Crippen molar-refractivity contribution in [1.29, 1.82) is 0 Å². The molecule has 1 aliphatic heterocycles. The maximum Gasteiger partial charge on any atom is 0.350 e. The van der Waals surface area contributed by atoms with E-state index in [0.29, 0.717) is 5.76 Å². The summed E-state index contributed by atoms with van der Waals surface area (Å²) in [5.41, 5.74) is 1.17. The molecular weight excluding hydrogens is 472 g/mol. The molecule has 0 spiro atoms. The molecule has 2 amide bonds. The first kappa shape index (κ1) is 24.2. The van der Waals surface area contributed by atoms with Crippen LogP contribution >= 0.6 is 11.3 Å². The Morgan fingerprint density at radius 1 is 1.14 bits per heavy atom. The lowest BCUT2D eigenvalue weighted by Crippen LogP contribution is -2.28. The molecular formula is C25H24N2O7S. The molecule has 1 aromatic carbocycles. The van der Waals surface area contributed by atoms with E-state index in [-0.39, 0.29) is 42.6 Å². The van der Waals surface area contributed by atoms with Crippen LogP contribution in [0.5, 0.6) is 0 Å². The summed E-state index contributed by atoms with van der Waals surface area (Å²) in [6.45, 7) is 1.82. The molecule has 3 aromatic rings. The Morgan fingerprint density at radius 3 is 2.66 bits per heavy atom. The van der Waals surface area contributed by atoms with Crippen LogP contribution in [0.2, 0.25) is 0 Å². The molecule has 1 aliphatic rings. The third kappa shape index (κ3) is 5.96. The molecule has 10 heteroatoms. The summed E-state index contributed by atoms with van der Waals surface area (Å²) in [6.07, 6.45) is 1.53. The highest BCUT2D eigenvalue weighted by molar-refractivity contribution is 7.18. The number of nitrogens with one attached hydrogen (secondary N) is 1. The van der Waals surface area contributed by atoms with Gasteiger partial charge in [-0.25, -0.2) is 4.79 Å². The number of anilines is 1.